The largest absolute Gasteiger partial charge is 0.459 e. The van der Waals surface area contributed by atoms with Crippen molar-refractivity contribution in [3.63, 3.8) is 0 Å². The molecule has 2 atom stereocenters. The van der Waals surface area contributed by atoms with Crippen LogP contribution in [-0.2, 0) is 22.6 Å². The van der Waals surface area contributed by atoms with Gasteiger partial charge in [0.2, 0.25) is 5.91 Å². The number of aromatic nitrogens is 1. The van der Waals surface area contributed by atoms with Crippen molar-refractivity contribution < 1.29 is 23.5 Å². The molecule has 1 fully saturated rings. The fourth-order valence-electron chi connectivity index (χ4n) is 4.32. The second-order valence-corrected chi connectivity index (χ2v) is 8.90. The molecule has 2 N–H and O–H groups in total. The van der Waals surface area contributed by atoms with Crippen molar-refractivity contribution in [2.24, 2.45) is 0 Å². The van der Waals surface area contributed by atoms with E-state index in [9.17, 15) is 14.4 Å². The van der Waals surface area contributed by atoms with Gasteiger partial charge in [0.15, 0.2) is 17.9 Å². The average molecular weight is 511 g/mol. The maximum atomic E-state index is 13.5. The highest BCUT2D eigenvalue weighted by molar-refractivity contribution is 6.02. The number of nitrogens with zero attached hydrogens (tertiary/aromatic N) is 2. The minimum absolute atomic E-state index is 0.190. The first-order valence-corrected chi connectivity index (χ1v) is 12.1. The number of carbonyl (C=O) groups excluding carboxylic acids is 3. The van der Waals surface area contributed by atoms with E-state index in [-0.39, 0.29) is 30.7 Å². The lowest BCUT2D eigenvalue weighted by atomic mass is 9.99. The third kappa shape index (κ3) is 5.41. The van der Waals surface area contributed by atoms with Crippen LogP contribution in [-0.4, -0.2) is 33.8 Å². The summed E-state index contributed by atoms with van der Waals surface area (Å²) in [4.78, 5) is 44.5. The minimum Gasteiger partial charge on any atom is -0.459 e. The third-order valence-electron chi connectivity index (χ3n) is 6.37. The predicted molar refractivity (Wildman–Crippen MR) is 139 cm³/mol. The minimum atomic E-state index is -0.908. The summed E-state index contributed by atoms with van der Waals surface area (Å²) in [5, 5.41) is 5.66. The molecule has 3 heterocycles. The number of nitrogens with one attached hydrogen (secondary N) is 2. The summed E-state index contributed by atoms with van der Waals surface area (Å²) in [7, 11) is 0. The highest BCUT2D eigenvalue weighted by Crippen LogP contribution is 2.35. The summed E-state index contributed by atoms with van der Waals surface area (Å²) in [6.07, 6.45) is 1.66. The standard InChI is InChI=1S/C29H26N4O5/c1-19-7-2-3-8-21(19)18-33-25(28(35)31-17-23-9-4-5-15-30-23)26(38-29(33)36)20-11-13-22(14-12-20)32-27(34)24-10-6-16-37-24/h2-16,25-26H,17-18H2,1H3,(H,31,35)(H,32,34). The molecular weight excluding hydrogens is 484 g/mol. The third-order valence-corrected chi connectivity index (χ3v) is 6.37. The van der Waals surface area contributed by atoms with Crippen LogP contribution in [0.15, 0.2) is 95.7 Å². The van der Waals surface area contributed by atoms with Crippen molar-refractivity contribution in [1.29, 1.82) is 0 Å². The van der Waals surface area contributed by atoms with Crippen molar-refractivity contribution in [2.45, 2.75) is 32.2 Å². The van der Waals surface area contributed by atoms with Gasteiger partial charge in [-0.3, -0.25) is 19.5 Å². The number of anilines is 1. The summed E-state index contributed by atoms with van der Waals surface area (Å²) >= 11 is 0. The van der Waals surface area contributed by atoms with Gasteiger partial charge in [0.25, 0.3) is 5.91 Å². The molecule has 5 rings (SSSR count). The van der Waals surface area contributed by atoms with Crippen LogP contribution >= 0.6 is 0 Å². The molecule has 2 unspecified atom stereocenters. The Kier molecular flexibility index (Phi) is 7.17. The number of benzene rings is 2. The van der Waals surface area contributed by atoms with Crippen LogP contribution < -0.4 is 10.6 Å². The molecule has 192 valence electrons. The van der Waals surface area contributed by atoms with Gasteiger partial charge in [-0.25, -0.2) is 4.79 Å². The number of furan rings is 1. The maximum Gasteiger partial charge on any atom is 0.411 e. The van der Waals surface area contributed by atoms with Gasteiger partial charge in [0.05, 0.1) is 25.0 Å². The second-order valence-electron chi connectivity index (χ2n) is 8.90. The summed E-state index contributed by atoms with van der Waals surface area (Å²) in [6.45, 7) is 2.40. The summed E-state index contributed by atoms with van der Waals surface area (Å²) in [5.74, 6) is -0.545. The van der Waals surface area contributed by atoms with E-state index in [1.54, 1.807) is 48.7 Å². The molecule has 2 aromatic carbocycles. The van der Waals surface area contributed by atoms with Gasteiger partial charge in [0.1, 0.15) is 0 Å². The number of amides is 3. The molecule has 0 radical (unpaired) electrons. The van der Waals surface area contributed by atoms with Crippen molar-refractivity contribution in [2.75, 3.05) is 5.32 Å². The normalized spacial score (nSPS) is 16.7. The molecule has 2 aromatic heterocycles. The Morgan fingerprint density at radius 1 is 0.974 bits per heavy atom. The number of hydrogen-bond acceptors (Lipinski definition) is 6. The molecule has 9 nitrogen and oxygen atoms in total. The van der Waals surface area contributed by atoms with E-state index >= 15 is 0 Å². The quantitative estimate of drug-likeness (QED) is 0.358. The first-order chi connectivity index (χ1) is 18.5. The van der Waals surface area contributed by atoms with Gasteiger partial charge >= 0.3 is 6.09 Å². The summed E-state index contributed by atoms with van der Waals surface area (Å²) in [5.41, 5.74) is 3.79. The van der Waals surface area contributed by atoms with Crippen molar-refractivity contribution in [3.8, 4) is 0 Å². The number of pyridine rings is 1. The SMILES string of the molecule is Cc1ccccc1CN1C(=O)OC(c2ccc(NC(=O)c3ccco3)cc2)C1C(=O)NCc1ccccn1. The maximum absolute atomic E-state index is 13.5. The molecule has 0 saturated carbocycles. The van der Waals surface area contributed by atoms with Crippen LogP contribution in [0, 0.1) is 6.92 Å². The molecule has 1 aliphatic rings. The highest BCUT2D eigenvalue weighted by atomic mass is 16.6. The van der Waals surface area contributed by atoms with Crippen LogP contribution in [0.1, 0.15) is 39.0 Å². The van der Waals surface area contributed by atoms with E-state index < -0.39 is 18.2 Å². The van der Waals surface area contributed by atoms with Gasteiger partial charge in [-0.1, -0.05) is 42.5 Å². The zero-order valence-corrected chi connectivity index (χ0v) is 20.7. The van der Waals surface area contributed by atoms with Crippen LogP contribution in [0.4, 0.5) is 10.5 Å². The molecule has 0 spiro atoms. The number of cyclic esters (lactones) is 1. The van der Waals surface area contributed by atoms with Gasteiger partial charge in [-0.2, -0.15) is 0 Å². The Morgan fingerprint density at radius 2 is 1.76 bits per heavy atom. The van der Waals surface area contributed by atoms with Crippen LogP contribution in [0.5, 0.6) is 0 Å². The van der Waals surface area contributed by atoms with Crippen molar-refractivity contribution in [1.82, 2.24) is 15.2 Å². The lowest BCUT2D eigenvalue weighted by Gasteiger charge is -2.24. The monoisotopic (exact) mass is 510 g/mol. The number of hydrogen-bond donors (Lipinski definition) is 2. The first-order valence-electron chi connectivity index (χ1n) is 12.1. The fraction of sp³-hybridized carbons (Fsp3) is 0.172. The second kappa shape index (κ2) is 11.0. The number of carbonyl (C=O) groups is 3. The van der Waals surface area contributed by atoms with Gasteiger partial charge in [0, 0.05) is 11.9 Å². The first kappa shape index (κ1) is 24.8. The Bertz CT molecular complexity index is 1420. The molecule has 1 saturated heterocycles. The predicted octanol–water partition coefficient (Wildman–Crippen LogP) is 4.61. The molecule has 0 bridgehead atoms. The van der Waals surface area contributed by atoms with Crippen LogP contribution in [0.3, 0.4) is 0 Å². The van der Waals surface area contributed by atoms with E-state index in [2.05, 4.69) is 15.6 Å². The number of rotatable bonds is 8. The Labute approximate surface area is 219 Å². The molecule has 4 aromatic rings. The fourth-order valence-corrected chi connectivity index (χ4v) is 4.32. The average Bonchev–Trinajstić information content (AvgIpc) is 3.59. The van der Waals surface area contributed by atoms with E-state index in [4.69, 9.17) is 9.15 Å². The molecule has 9 heteroatoms. The molecule has 38 heavy (non-hydrogen) atoms. The Hall–Kier alpha value is -4.92. The zero-order chi connectivity index (χ0) is 26.5. The number of ether oxygens (including phenoxy) is 1. The van der Waals surface area contributed by atoms with Gasteiger partial charge < -0.3 is 19.8 Å². The topological polar surface area (TPSA) is 114 Å². The van der Waals surface area contributed by atoms with E-state index in [0.29, 0.717) is 16.9 Å². The van der Waals surface area contributed by atoms with Crippen molar-refractivity contribution in [3.05, 3.63) is 119 Å². The smallest absolute Gasteiger partial charge is 0.411 e. The van der Waals surface area contributed by atoms with E-state index in [0.717, 1.165) is 11.1 Å². The molecule has 1 aliphatic heterocycles. The summed E-state index contributed by atoms with van der Waals surface area (Å²) < 4.78 is 10.9. The highest BCUT2D eigenvalue weighted by Gasteiger charge is 2.47. The lowest BCUT2D eigenvalue weighted by Crippen LogP contribution is -2.46. The van der Waals surface area contributed by atoms with Gasteiger partial charge in [-0.15, -0.1) is 0 Å². The summed E-state index contributed by atoms with van der Waals surface area (Å²) in [6, 6.07) is 22.3. The Morgan fingerprint density at radius 3 is 2.47 bits per heavy atom. The molecule has 3 amide bonds. The van der Waals surface area contributed by atoms with E-state index in [1.807, 2.05) is 43.3 Å². The van der Waals surface area contributed by atoms with Crippen molar-refractivity contribution >= 4 is 23.6 Å². The van der Waals surface area contributed by atoms with Gasteiger partial charge in [-0.05, 0) is 60.0 Å². The Balaban J connectivity index is 1.38. The molecule has 0 aliphatic carbocycles. The number of aryl methyl sites for hydroxylation is 1. The zero-order valence-electron chi connectivity index (χ0n) is 20.7. The van der Waals surface area contributed by atoms with Crippen LogP contribution in [0.25, 0.3) is 0 Å². The lowest BCUT2D eigenvalue weighted by molar-refractivity contribution is -0.126. The molecular formula is C29H26N4O5. The van der Waals surface area contributed by atoms with E-state index in [1.165, 1.54) is 11.2 Å². The van der Waals surface area contributed by atoms with Crippen LogP contribution in [0.2, 0.25) is 0 Å².